The highest BCUT2D eigenvalue weighted by molar-refractivity contribution is 7.89. The number of rotatable bonds is 4. The number of hydrogen-bond acceptors (Lipinski definition) is 4. The van der Waals surface area contributed by atoms with Crippen molar-refractivity contribution in [3.05, 3.63) is 51.2 Å². The Balaban J connectivity index is 1.65. The van der Waals surface area contributed by atoms with Crippen LogP contribution in [0.5, 0.6) is 0 Å². The minimum atomic E-state index is -3.57. The first-order valence-corrected chi connectivity index (χ1v) is 11.2. The van der Waals surface area contributed by atoms with Gasteiger partial charge in [0.2, 0.25) is 10.0 Å². The molecule has 0 bridgehead atoms. The Hall–Kier alpha value is -1.70. The first-order valence-electron chi connectivity index (χ1n) is 8.87. The number of nitrogens with zero attached hydrogens (tertiary/aromatic N) is 1. The average Bonchev–Trinajstić information content (AvgIpc) is 3.26. The van der Waals surface area contributed by atoms with Crippen molar-refractivity contribution in [2.75, 3.05) is 6.54 Å². The van der Waals surface area contributed by atoms with Crippen LogP contribution in [0.1, 0.15) is 52.2 Å². The van der Waals surface area contributed by atoms with Gasteiger partial charge in [-0.25, -0.2) is 13.1 Å². The zero-order valence-electron chi connectivity index (χ0n) is 14.9. The SMILES string of the molecule is Cc1ccc(S(=O)(=O)NC2CC2)cc1C(=O)N1CCc2sccc2C1C. The molecule has 138 valence electrons. The second-order valence-corrected chi connectivity index (χ2v) is 9.81. The Morgan fingerprint density at radius 2 is 2.04 bits per heavy atom. The van der Waals surface area contributed by atoms with E-state index < -0.39 is 10.0 Å². The summed E-state index contributed by atoms with van der Waals surface area (Å²) in [6, 6.07) is 6.95. The van der Waals surface area contributed by atoms with Crippen molar-refractivity contribution in [1.29, 1.82) is 0 Å². The number of aryl methyl sites for hydroxylation is 1. The predicted octanol–water partition coefficient (Wildman–Crippen LogP) is 3.26. The zero-order valence-corrected chi connectivity index (χ0v) is 16.5. The van der Waals surface area contributed by atoms with Gasteiger partial charge in [0, 0.05) is 23.0 Å². The number of fused-ring (bicyclic) bond motifs is 1. The lowest BCUT2D eigenvalue weighted by Gasteiger charge is -2.34. The van der Waals surface area contributed by atoms with Crippen molar-refractivity contribution in [2.45, 2.75) is 50.1 Å². The van der Waals surface area contributed by atoms with E-state index >= 15 is 0 Å². The van der Waals surface area contributed by atoms with Gasteiger partial charge in [0.25, 0.3) is 5.91 Å². The third-order valence-corrected chi connectivity index (χ3v) is 7.70. The zero-order chi connectivity index (χ0) is 18.5. The lowest BCUT2D eigenvalue weighted by molar-refractivity contribution is 0.0678. The van der Waals surface area contributed by atoms with E-state index in [1.165, 1.54) is 16.5 Å². The van der Waals surface area contributed by atoms with Crippen molar-refractivity contribution >= 4 is 27.3 Å². The fourth-order valence-corrected chi connectivity index (χ4v) is 5.72. The van der Waals surface area contributed by atoms with Crippen molar-refractivity contribution in [3.63, 3.8) is 0 Å². The molecule has 1 fully saturated rings. The standard InChI is InChI=1S/C19H22N2O3S2/c1-12-3-6-15(26(23,24)20-14-4-5-14)11-17(12)19(22)21-9-7-18-16(13(21)2)8-10-25-18/h3,6,8,10-11,13-14,20H,4-5,7,9H2,1-2H3. The molecule has 1 aromatic heterocycles. The molecule has 1 amide bonds. The van der Waals surface area contributed by atoms with Gasteiger partial charge in [0.1, 0.15) is 0 Å². The fourth-order valence-electron chi connectivity index (χ4n) is 3.43. The van der Waals surface area contributed by atoms with Crippen molar-refractivity contribution in [1.82, 2.24) is 9.62 Å². The second kappa shape index (κ2) is 6.48. The minimum absolute atomic E-state index is 0.00162. The first-order chi connectivity index (χ1) is 12.4. The summed E-state index contributed by atoms with van der Waals surface area (Å²) in [6.07, 6.45) is 2.61. The van der Waals surface area contributed by atoms with Gasteiger partial charge in [0.15, 0.2) is 0 Å². The molecule has 26 heavy (non-hydrogen) atoms. The molecule has 1 saturated carbocycles. The van der Waals surface area contributed by atoms with Crippen LogP contribution in [0, 0.1) is 6.92 Å². The van der Waals surface area contributed by atoms with Crippen LogP contribution < -0.4 is 4.72 Å². The summed E-state index contributed by atoms with van der Waals surface area (Å²) in [5.74, 6) is -0.102. The number of hydrogen-bond donors (Lipinski definition) is 1. The normalized spacial score (nSPS) is 20.1. The summed E-state index contributed by atoms with van der Waals surface area (Å²) in [6.45, 7) is 4.54. The molecule has 1 aromatic carbocycles. The summed E-state index contributed by atoms with van der Waals surface area (Å²) >= 11 is 1.73. The maximum atomic E-state index is 13.2. The van der Waals surface area contributed by atoms with Crippen molar-refractivity contribution in [2.24, 2.45) is 0 Å². The lowest BCUT2D eigenvalue weighted by Crippen LogP contribution is -2.38. The lowest BCUT2D eigenvalue weighted by atomic mass is 9.99. The molecule has 7 heteroatoms. The summed E-state index contributed by atoms with van der Waals surface area (Å²) in [4.78, 5) is 16.5. The quantitative estimate of drug-likeness (QED) is 0.871. The molecule has 1 N–H and O–H groups in total. The van der Waals surface area contributed by atoms with Crippen LogP contribution in [0.3, 0.4) is 0 Å². The molecule has 2 aliphatic rings. The minimum Gasteiger partial charge on any atom is -0.331 e. The molecule has 1 atom stereocenters. The summed E-state index contributed by atoms with van der Waals surface area (Å²) < 4.78 is 27.7. The third kappa shape index (κ3) is 3.19. The highest BCUT2D eigenvalue weighted by Crippen LogP contribution is 2.34. The molecule has 5 nitrogen and oxygen atoms in total. The first kappa shape index (κ1) is 17.7. The molecular formula is C19H22N2O3S2. The fraction of sp³-hybridized carbons (Fsp3) is 0.421. The van der Waals surface area contributed by atoms with Gasteiger partial charge in [-0.05, 0) is 67.8 Å². The Morgan fingerprint density at radius 3 is 2.77 bits per heavy atom. The average molecular weight is 391 g/mol. The van der Waals surface area contributed by atoms with E-state index in [-0.39, 0.29) is 22.9 Å². The topological polar surface area (TPSA) is 66.5 Å². The molecule has 4 rings (SSSR count). The Kier molecular flexibility index (Phi) is 4.41. The molecule has 0 spiro atoms. The molecule has 0 radical (unpaired) electrons. The monoisotopic (exact) mass is 390 g/mol. The van der Waals surface area contributed by atoms with Crippen LogP contribution in [-0.4, -0.2) is 31.8 Å². The summed E-state index contributed by atoms with van der Waals surface area (Å²) in [5.41, 5.74) is 2.46. The Morgan fingerprint density at radius 1 is 1.27 bits per heavy atom. The van der Waals surface area contributed by atoms with Gasteiger partial charge in [-0.2, -0.15) is 0 Å². The highest BCUT2D eigenvalue weighted by Gasteiger charge is 2.31. The van der Waals surface area contributed by atoms with Gasteiger partial charge in [-0.1, -0.05) is 6.07 Å². The van der Waals surface area contributed by atoms with E-state index in [9.17, 15) is 13.2 Å². The molecule has 0 saturated heterocycles. The number of nitrogens with one attached hydrogen (secondary N) is 1. The maximum absolute atomic E-state index is 13.2. The molecule has 2 heterocycles. The second-order valence-electron chi connectivity index (χ2n) is 7.10. The van der Waals surface area contributed by atoms with E-state index in [0.717, 1.165) is 24.8 Å². The summed E-state index contributed by atoms with van der Waals surface area (Å²) in [7, 11) is -3.57. The van der Waals surface area contributed by atoms with Crippen LogP contribution in [0.15, 0.2) is 34.5 Å². The predicted molar refractivity (Wildman–Crippen MR) is 102 cm³/mol. The van der Waals surface area contributed by atoms with Crippen LogP contribution in [0.4, 0.5) is 0 Å². The number of benzene rings is 1. The van der Waals surface area contributed by atoms with Gasteiger partial charge >= 0.3 is 0 Å². The van der Waals surface area contributed by atoms with Crippen LogP contribution in [0.25, 0.3) is 0 Å². The number of sulfonamides is 1. The Bertz CT molecular complexity index is 961. The molecular weight excluding hydrogens is 368 g/mol. The van der Waals surface area contributed by atoms with Crippen LogP contribution in [-0.2, 0) is 16.4 Å². The highest BCUT2D eigenvalue weighted by atomic mass is 32.2. The number of carbonyl (C=O) groups excluding carboxylic acids is 1. The van der Waals surface area contributed by atoms with E-state index in [0.29, 0.717) is 12.1 Å². The molecule has 2 aromatic rings. The van der Waals surface area contributed by atoms with Gasteiger partial charge in [-0.15, -0.1) is 11.3 Å². The van der Waals surface area contributed by atoms with Crippen LogP contribution in [0.2, 0.25) is 0 Å². The molecule has 1 unspecified atom stereocenters. The van der Waals surface area contributed by atoms with E-state index in [1.54, 1.807) is 23.5 Å². The van der Waals surface area contributed by atoms with Gasteiger partial charge in [-0.3, -0.25) is 4.79 Å². The summed E-state index contributed by atoms with van der Waals surface area (Å²) in [5, 5.41) is 2.07. The van der Waals surface area contributed by atoms with E-state index in [1.807, 2.05) is 18.7 Å². The van der Waals surface area contributed by atoms with Crippen LogP contribution >= 0.6 is 11.3 Å². The van der Waals surface area contributed by atoms with E-state index in [4.69, 9.17) is 0 Å². The molecule has 1 aliphatic carbocycles. The van der Waals surface area contributed by atoms with Crippen molar-refractivity contribution < 1.29 is 13.2 Å². The number of carbonyl (C=O) groups is 1. The van der Waals surface area contributed by atoms with Gasteiger partial charge < -0.3 is 4.90 Å². The maximum Gasteiger partial charge on any atom is 0.254 e. The molecule has 1 aliphatic heterocycles. The largest absolute Gasteiger partial charge is 0.331 e. The third-order valence-electron chi connectivity index (χ3n) is 5.19. The van der Waals surface area contributed by atoms with Gasteiger partial charge in [0.05, 0.1) is 10.9 Å². The number of amides is 1. The smallest absolute Gasteiger partial charge is 0.254 e. The van der Waals surface area contributed by atoms with E-state index in [2.05, 4.69) is 16.2 Å². The number of thiophene rings is 1. The Labute approximate surface area is 158 Å². The van der Waals surface area contributed by atoms with Crippen molar-refractivity contribution in [3.8, 4) is 0 Å².